The number of nitrogens with one attached hydrogen (secondary N) is 1. The number of fused-ring (bicyclic) bond motifs is 1. The molecule has 0 spiro atoms. The number of nitrogens with zero attached hydrogens (tertiary/aromatic N) is 1. The second-order valence-corrected chi connectivity index (χ2v) is 7.65. The van der Waals surface area contributed by atoms with Gasteiger partial charge in [-0.1, -0.05) is 29.3 Å². The van der Waals surface area contributed by atoms with Gasteiger partial charge in [-0.25, -0.2) is 0 Å². The SMILES string of the molecule is O=C1CCCc2c1cc(C(=O)Nc1cccc(Cl)c1)c(=O)n2-c1ccc(Cl)cc1. The fourth-order valence-corrected chi connectivity index (χ4v) is 3.80. The molecule has 0 atom stereocenters. The average Bonchev–Trinajstić information content (AvgIpc) is 2.69. The van der Waals surface area contributed by atoms with Crippen molar-refractivity contribution < 1.29 is 9.59 Å². The minimum absolute atomic E-state index is 0.0780. The Balaban J connectivity index is 1.86. The van der Waals surface area contributed by atoms with Crippen LogP contribution in [0.4, 0.5) is 5.69 Å². The second kappa shape index (κ2) is 7.85. The fraction of sp³-hybridized carbons (Fsp3) is 0.136. The highest BCUT2D eigenvalue weighted by Crippen LogP contribution is 2.25. The monoisotopic (exact) mass is 426 g/mol. The maximum atomic E-state index is 13.3. The zero-order chi connectivity index (χ0) is 20.5. The van der Waals surface area contributed by atoms with Crippen molar-refractivity contribution in [3.8, 4) is 5.69 Å². The van der Waals surface area contributed by atoms with E-state index < -0.39 is 11.5 Å². The molecule has 0 saturated heterocycles. The summed E-state index contributed by atoms with van der Waals surface area (Å²) < 4.78 is 1.44. The van der Waals surface area contributed by atoms with E-state index in [9.17, 15) is 14.4 Å². The molecule has 2 aromatic carbocycles. The summed E-state index contributed by atoms with van der Waals surface area (Å²) >= 11 is 11.9. The van der Waals surface area contributed by atoms with Crippen molar-refractivity contribution in [1.29, 1.82) is 0 Å². The smallest absolute Gasteiger partial charge is 0.268 e. The molecular weight excluding hydrogens is 411 g/mol. The molecule has 0 unspecified atom stereocenters. The van der Waals surface area contributed by atoms with E-state index in [0.717, 1.165) is 0 Å². The lowest BCUT2D eigenvalue weighted by molar-refractivity contribution is 0.0971. The van der Waals surface area contributed by atoms with Crippen molar-refractivity contribution in [3.05, 3.63) is 91.8 Å². The molecule has 1 heterocycles. The third kappa shape index (κ3) is 3.84. The Morgan fingerprint density at radius 3 is 2.41 bits per heavy atom. The van der Waals surface area contributed by atoms with Crippen molar-refractivity contribution in [1.82, 2.24) is 4.57 Å². The average molecular weight is 427 g/mol. The first-order valence-corrected chi connectivity index (χ1v) is 9.84. The van der Waals surface area contributed by atoms with Crippen LogP contribution < -0.4 is 10.9 Å². The highest BCUT2D eigenvalue weighted by atomic mass is 35.5. The maximum Gasteiger partial charge on any atom is 0.268 e. The van der Waals surface area contributed by atoms with Crippen LogP contribution in [0.3, 0.4) is 0 Å². The van der Waals surface area contributed by atoms with Crippen LogP contribution in [0.2, 0.25) is 10.0 Å². The van der Waals surface area contributed by atoms with Crippen LogP contribution in [0, 0.1) is 0 Å². The Hall–Kier alpha value is -2.89. The lowest BCUT2D eigenvalue weighted by Gasteiger charge is -2.21. The van der Waals surface area contributed by atoms with E-state index in [0.29, 0.717) is 51.9 Å². The largest absolute Gasteiger partial charge is 0.322 e. The Morgan fingerprint density at radius 1 is 0.931 bits per heavy atom. The summed E-state index contributed by atoms with van der Waals surface area (Å²) in [5, 5.41) is 3.67. The molecule has 29 heavy (non-hydrogen) atoms. The minimum atomic E-state index is -0.596. The molecule has 1 aromatic heterocycles. The third-order valence-electron chi connectivity index (χ3n) is 4.83. The molecule has 5 nitrogen and oxygen atoms in total. The number of carbonyl (C=O) groups excluding carboxylic acids is 2. The molecule has 4 rings (SSSR count). The van der Waals surface area contributed by atoms with E-state index >= 15 is 0 Å². The van der Waals surface area contributed by atoms with Gasteiger partial charge in [-0.05, 0) is 61.4 Å². The summed E-state index contributed by atoms with van der Waals surface area (Å²) in [4.78, 5) is 38.7. The first-order valence-electron chi connectivity index (χ1n) is 9.09. The zero-order valence-corrected chi connectivity index (χ0v) is 16.8. The number of amides is 1. The van der Waals surface area contributed by atoms with E-state index in [-0.39, 0.29) is 11.3 Å². The molecule has 0 radical (unpaired) electrons. The van der Waals surface area contributed by atoms with Crippen LogP contribution in [-0.4, -0.2) is 16.3 Å². The number of hydrogen-bond donors (Lipinski definition) is 1. The molecule has 7 heteroatoms. The summed E-state index contributed by atoms with van der Waals surface area (Å²) in [7, 11) is 0. The van der Waals surface area contributed by atoms with E-state index in [1.165, 1.54) is 10.6 Å². The van der Waals surface area contributed by atoms with Crippen LogP contribution in [0.25, 0.3) is 5.69 Å². The quantitative estimate of drug-likeness (QED) is 0.646. The summed E-state index contributed by atoms with van der Waals surface area (Å²) in [6.07, 6.45) is 1.63. The van der Waals surface area contributed by atoms with Gasteiger partial charge in [-0.3, -0.25) is 19.0 Å². The maximum absolute atomic E-state index is 13.3. The van der Waals surface area contributed by atoms with Crippen molar-refractivity contribution in [2.75, 3.05) is 5.32 Å². The first-order chi connectivity index (χ1) is 13.9. The number of pyridine rings is 1. The van der Waals surface area contributed by atoms with Gasteiger partial charge >= 0.3 is 0 Å². The van der Waals surface area contributed by atoms with Gasteiger partial charge in [-0.15, -0.1) is 0 Å². The molecule has 0 saturated carbocycles. The Morgan fingerprint density at radius 2 is 1.69 bits per heavy atom. The van der Waals surface area contributed by atoms with E-state index in [4.69, 9.17) is 23.2 Å². The molecule has 0 fully saturated rings. The number of rotatable bonds is 3. The van der Waals surface area contributed by atoms with Gasteiger partial charge in [-0.2, -0.15) is 0 Å². The molecule has 3 aromatic rings. The van der Waals surface area contributed by atoms with Crippen molar-refractivity contribution in [2.24, 2.45) is 0 Å². The highest BCUT2D eigenvalue weighted by Gasteiger charge is 2.26. The highest BCUT2D eigenvalue weighted by molar-refractivity contribution is 6.31. The van der Waals surface area contributed by atoms with Crippen molar-refractivity contribution in [2.45, 2.75) is 19.3 Å². The summed E-state index contributed by atoms with van der Waals surface area (Å²) in [5.74, 6) is -0.674. The molecule has 0 aliphatic heterocycles. The Labute approximate surface area is 176 Å². The predicted octanol–water partition coefficient (Wildman–Crippen LogP) is 4.92. The van der Waals surface area contributed by atoms with E-state index in [1.807, 2.05) is 0 Å². The van der Waals surface area contributed by atoms with Gasteiger partial charge in [0.05, 0.1) is 0 Å². The van der Waals surface area contributed by atoms with Crippen LogP contribution in [-0.2, 0) is 6.42 Å². The first kappa shape index (κ1) is 19.4. The number of halogens is 2. The Kier molecular flexibility index (Phi) is 5.26. The lowest BCUT2D eigenvalue weighted by Crippen LogP contribution is -2.33. The number of benzene rings is 2. The summed E-state index contributed by atoms with van der Waals surface area (Å²) in [6.45, 7) is 0. The van der Waals surface area contributed by atoms with Crippen LogP contribution in [0.5, 0.6) is 0 Å². The summed E-state index contributed by atoms with van der Waals surface area (Å²) in [5.41, 5.74) is 1.45. The van der Waals surface area contributed by atoms with E-state index in [1.54, 1.807) is 48.5 Å². The molecule has 146 valence electrons. The van der Waals surface area contributed by atoms with Crippen molar-refractivity contribution in [3.63, 3.8) is 0 Å². The van der Waals surface area contributed by atoms with Crippen LogP contribution >= 0.6 is 23.2 Å². The molecule has 1 aliphatic carbocycles. The molecular formula is C22H16Cl2N2O3. The minimum Gasteiger partial charge on any atom is -0.322 e. The zero-order valence-electron chi connectivity index (χ0n) is 15.2. The molecule has 1 N–H and O–H groups in total. The van der Waals surface area contributed by atoms with Gasteiger partial charge in [0.1, 0.15) is 5.56 Å². The number of aromatic nitrogens is 1. The van der Waals surface area contributed by atoms with Gasteiger partial charge in [0, 0.05) is 39.1 Å². The molecule has 1 aliphatic rings. The van der Waals surface area contributed by atoms with Crippen LogP contribution in [0.15, 0.2) is 59.4 Å². The van der Waals surface area contributed by atoms with E-state index in [2.05, 4.69) is 5.32 Å². The van der Waals surface area contributed by atoms with Crippen LogP contribution in [0.1, 0.15) is 39.3 Å². The molecule has 1 amide bonds. The Bertz CT molecular complexity index is 1180. The molecule has 0 bridgehead atoms. The second-order valence-electron chi connectivity index (χ2n) is 6.78. The lowest BCUT2D eigenvalue weighted by atomic mass is 9.92. The van der Waals surface area contributed by atoms with Crippen molar-refractivity contribution >= 4 is 40.6 Å². The predicted molar refractivity (Wildman–Crippen MR) is 114 cm³/mol. The third-order valence-corrected chi connectivity index (χ3v) is 5.32. The van der Waals surface area contributed by atoms with Gasteiger partial charge in [0.2, 0.25) is 0 Å². The van der Waals surface area contributed by atoms with Gasteiger partial charge < -0.3 is 5.32 Å². The normalized spacial score (nSPS) is 13.1. The van der Waals surface area contributed by atoms with Gasteiger partial charge in [0.25, 0.3) is 11.5 Å². The number of Topliss-reactive ketones (excluding diaryl/α,β-unsaturated/α-hetero) is 1. The van der Waals surface area contributed by atoms with Gasteiger partial charge in [0.15, 0.2) is 5.78 Å². The summed E-state index contributed by atoms with van der Waals surface area (Å²) in [6, 6.07) is 14.8. The number of hydrogen-bond acceptors (Lipinski definition) is 3. The standard InChI is InChI=1S/C22H16Cl2N2O3/c23-13-7-9-16(10-8-13)26-19-5-2-6-20(27)17(19)12-18(22(26)29)21(28)25-15-4-1-3-14(24)11-15/h1,3-4,7-12H,2,5-6H2,(H,25,28). The number of anilines is 1. The fourth-order valence-electron chi connectivity index (χ4n) is 3.48. The topological polar surface area (TPSA) is 68.2 Å². The number of carbonyl (C=O) groups is 2. The number of ketones is 1.